The molecule has 21 heavy (non-hydrogen) atoms. The van der Waals surface area contributed by atoms with Gasteiger partial charge in [0.1, 0.15) is 0 Å². The molecule has 112 valence electrons. The Morgan fingerprint density at radius 1 is 1.24 bits per heavy atom. The van der Waals surface area contributed by atoms with Crippen LogP contribution in [0.3, 0.4) is 0 Å². The topological polar surface area (TPSA) is 59.9 Å². The van der Waals surface area contributed by atoms with Gasteiger partial charge in [0.15, 0.2) is 11.5 Å². The number of hydrogen-bond acceptors (Lipinski definition) is 4. The third kappa shape index (κ3) is 3.37. The van der Waals surface area contributed by atoms with Gasteiger partial charge < -0.3 is 9.47 Å². The van der Waals surface area contributed by atoms with E-state index in [2.05, 4.69) is 26.5 Å². The lowest BCUT2D eigenvalue weighted by molar-refractivity contribution is -0.125. The average molecular weight is 353 g/mol. The molecular weight excluding hydrogens is 336 g/mol. The third-order valence-corrected chi connectivity index (χ3v) is 4.53. The second-order valence-electron chi connectivity index (χ2n) is 5.30. The number of amides is 1. The Morgan fingerprint density at radius 3 is 2.71 bits per heavy atom. The molecule has 0 atom stereocenters. The second-order valence-corrected chi connectivity index (χ2v) is 6.15. The van der Waals surface area contributed by atoms with Gasteiger partial charge in [0.25, 0.3) is 0 Å². The highest BCUT2D eigenvalue weighted by Crippen LogP contribution is 2.36. The minimum absolute atomic E-state index is 0.0165. The molecule has 5 nitrogen and oxygen atoms in total. The Balaban J connectivity index is 1.62. The molecule has 0 unspecified atom stereocenters. The molecule has 1 aliphatic carbocycles. The third-order valence-electron chi connectivity index (χ3n) is 3.85. The van der Waals surface area contributed by atoms with Crippen molar-refractivity contribution in [3.63, 3.8) is 0 Å². The minimum Gasteiger partial charge on any atom is -0.454 e. The zero-order valence-corrected chi connectivity index (χ0v) is 13.2. The molecule has 1 N–H and O–H groups in total. The number of ether oxygens (including phenoxy) is 2. The maximum Gasteiger partial charge on any atom is 0.243 e. The van der Waals surface area contributed by atoms with E-state index in [9.17, 15) is 4.79 Å². The molecule has 3 rings (SSSR count). The predicted octanol–water partition coefficient (Wildman–Crippen LogP) is 3.21. The van der Waals surface area contributed by atoms with Gasteiger partial charge >= 0.3 is 0 Å². The average Bonchev–Trinajstić information content (AvgIpc) is 2.95. The maximum atomic E-state index is 12.0. The van der Waals surface area contributed by atoms with Gasteiger partial charge in [-0.1, -0.05) is 19.3 Å². The number of hydrogen-bond donors (Lipinski definition) is 1. The number of nitrogens with one attached hydrogen (secondary N) is 1. The summed E-state index contributed by atoms with van der Waals surface area (Å²) < 4.78 is 11.5. The monoisotopic (exact) mass is 352 g/mol. The molecule has 0 aromatic heterocycles. The van der Waals surface area contributed by atoms with E-state index in [1.165, 1.54) is 6.42 Å². The summed E-state index contributed by atoms with van der Waals surface area (Å²) in [5, 5.41) is 4.05. The number of carbonyl (C=O) groups excluding carboxylic acids is 1. The first-order chi connectivity index (χ1) is 10.2. The van der Waals surface area contributed by atoms with E-state index in [4.69, 9.17) is 9.47 Å². The quantitative estimate of drug-likeness (QED) is 0.671. The number of nitrogens with zero attached hydrogens (tertiary/aromatic N) is 1. The normalized spacial score (nSPS) is 18.1. The molecule has 2 aliphatic rings. The van der Waals surface area contributed by atoms with Gasteiger partial charge in [-0.05, 0) is 40.9 Å². The molecule has 0 bridgehead atoms. The van der Waals surface area contributed by atoms with Gasteiger partial charge in [0.2, 0.25) is 12.7 Å². The Hall–Kier alpha value is -1.56. The van der Waals surface area contributed by atoms with Crippen LogP contribution in [-0.4, -0.2) is 18.9 Å². The molecule has 0 radical (unpaired) electrons. The van der Waals surface area contributed by atoms with Crippen LogP contribution < -0.4 is 14.9 Å². The van der Waals surface area contributed by atoms with Gasteiger partial charge in [-0.25, -0.2) is 5.43 Å². The van der Waals surface area contributed by atoms with Crippen molar-refractivity contribution in [2.24, 2.45) is 11.0 Å². The Kier molecular flexibility index (Phi) is 4.43. The molecule has 1 saturated carbocycles. The summed E-state index contributed by atoms with van der Waals surface area (Å²) in [5.41, 5.74) is 3.47. The van der Waals surface area contributed by atoms with Crippen LogP contribution >= 0.6 is 15.9 Å². The number of carbonyl (C=O) groups is 1. The van der Waals surface area contributed by atoms with Crippen LogP contribution in [0.2, 0.25) is 0 Å². The lowest BCUT2D eigenvalue weighted by Crippen LogP contribution is -2.28. The Morgan fingerprint density at radius 2 is 1.95 bits per heavy atom. The summed E-state index contributed by atoms with van der Waals surface area (Å²) in [7, 11) is 0. The number of benzene rings is 1. The first-order valence-corrected chi connectivity index (χ1v) is 7.95. The second kappa shape index (κ2) is 6.47. The SMILES string of the molecule is O=C(N/N=C/c1cc2c(cc1Br)OCO2)C1CCCCC1. The molecule has 1 amide bonds. The zero-order chi connectivity index (χ0) is 14.7. The zero-order valence-electron chi connectivity index (χ0n) is 11.6. The molecule has 1 aliphatic heterocycles. The summed E-state index contributed by atoms with van der Waals surface area (Å²) in [5.74, 6) is 1.53. The van der Waals surface area contributed by atoms with E-state index >= 15 is 0 Å². The van der Waals surface area contributed by atoms with Crippen molar-refractivity contribution in [2.45, 2.75) is 32.1 Å². The van der Waals surface area contributed by atoms with Crippen LogP contribution in [0.1, 0.15) is 37.7 Å². The molecule has 6 heteroatoms. The van der Waals surface area contributed by atoms with Gasteiger partial charge in [-0.2, -0.15) is 5.10 Å². The fraction of sp³-hybridized carbons (Fsp3) is 0.467. The van der Waals surface area contributed by atoms with Crippen LogP contribution in [0.4, 0.5) is 0 Å². The van der Waals surface area contributed by atoms with Crippen LogP contribution in [0, 0.1) is 5.92 Å². The highest BCUT2D eigenvalue weighted by molar-refractivity contribution is 9.10. The summed E-state index contributed by atoms with van der Waals surface area (Å²) in [6, 6.07) is 3.68. The first kappa shape index (κ1) is 14.4. The fourth-order valence-electron chi connectivity index (χ4n) is 2.65. The van der Waals surface area contributed by atoms with Gasteiger partial charge in [-0.3, -0.25) is 4.79 Å². The van der Waals surface area contributed by atoms with Gasteiger partial charge in [0.05, 0.1) is 6.21 Å². The van der Waals surface area contributed by atoms with Crippen molar-refractivity contribution < 1.29 is 14.3 Å². The Labute approximate surface area is 131 Å². The van der Waals surface area contributed by atoms with E-state index in [1.807, 2.05) is 12.1 Å². The lowest BCUT2D eigenvalue weighted by atomic mass is 9.89. The van der Waals surface area contributed by atoms with Crippen molar-refractivity contribution in [3.05, 3.63) is 22.2 Å². The highest BCUT2D eigenvalue weighted by Gasteiger charge is 2.20. The number of fused-ring (bicyclic) bond motifs is 1. The van der Waals surface area contributed by atoms with E-state index in [1.54, 1.807) is 6.21 Å². The van der Waals surface area contributed by atoms with Crippen LogP contribution in [0.5, 0.6) is 11.5 Å². The molecule has 0 spiro atoms. The molecule has 1 aromatic carbocycles. The number of halogens is 1. The predicted molar refractivity (Wildman–Crippen MR) is 82.6 cm³/mol. The van der Waals surface area contributed by atoms with E-state index in [0.717, 1.165) is 35.7 Å². The summed E-state index contributed by atoms with van der Waals surface area (Å²) in [6.45, 7) is 0.237. The summed E-state index contributed by atoms with van der Waals surface area (Å²) in [6.07, 6.45) is 7.05. The van der Waals surface area contributed by atoms with Crippen molar-refractivity contribution in [1.82, 2.24) is 5.43 Å². The minimum atomic E-state index is 0.0165. The maximum absolute atomic E-state index is 12.0. The van der Waals surface area contributed by atoms with Crippen LogP contribution in [0.25, 0.3) is 0 Å². The van der Waals surface area contributed by atoms with E-state index < -0.39 is 0 Å². The molecule has 1 heterocycles. The summed E-state index contributed by atoms with van der Waals surface area (Å²) in [4.78, 5) is 12.0. The first-order valence-electron chi connectivity index (χ1n) is 7.16. The molecule has 1 fully saturated rings. The van der Waals surface area contributed by atoms with Gasteiger partial charge in [-0.15, -0.1) is 0 Å². The standard InChI is InChI=1S/C15H17BrN2O3/c16-12-7-14-13(20-9-21-14)6-11(12)8-17-18-15(19)10-4-2-1-3-5-10/h6-8,10H,1-5,9H2,(H,18,19)/b17-8+. The smallest absolute Gasteiger partial charge is 0.243 e. The fourth-order valence-corrected chi connectivity index (χ4v) is 3.08. The largest absolute Gasteiger partial charge is 0.454 e. The number of hydrazone groups is 1. The van der Waals surface area contributed by atoms with Crippen molar-refractivity contribution >= 4 is 28.1 Å². The van der Waals surface area contributed by atoms with Crippen molar-refractivity contribution in [1.29, 1.82) is 0 Å². The number of rotatable bonds is 3. The molecule has 0 saturated heterocycles. The van der Waals surface area contributed by atoms with E-state index in [-0.39, 0.29) is 18.6 Å². The molecule has 1 aromatic rings. The highest BCUT2D eigenvalue weighted by atomic mass is 79.9. The van der Waals surface area contributed by atoms with Crippen molar-refractivity contribution in [2.75, 3.05) is 6.79 Å². The van der Waals surface area contributed by atoms with Crippen LogP contribution in [-0.2, 0) is 4.79 Å². The van der Waals surface area contributed by atoms with Crippen molar-refractivity contribution in [3.8, 4) is 11.5 Å². The molecular formula is C15H17BrN2O3. The van der Waals surface area contributed by atoms with Crippen LogP contribution in [0.15, 0.2) is 21.7 Å². The Bertz CT molecular complexity index is 568. The van der Waals surface area contributed by atoms with Gasteiger partial charge in [0, 0.05) is 16.0 Å². The lowest BCUT2D eigenvalue weighted by Gasteiger charge is -2.19. The summed E-state index contributed by atoms with van der Waals surface area (Å²) >= 11 is 3.45. The van der Waals surface area contributed by atoms with E-state index in [0.29, 0.717) is 11.5 Å².